The zero-order valence-corrected chi connectivity index (χ0v) is 14.4. The number of aryl methyl sites for hydroxylation is 1. The molecule has 0 saturated heterocycles. The third-order valence-corrected chi connectivity index (χ3v) is 4.91. The summed E-state index contributed by atoms with van der Waals surface area (Å²) in [6.45, 7) is 6.73. The first-order valence-corrected chi connectivity index (χ1v) is 8.56. The van der Waals surface area contributed by atoms with E-state index in [1.807, 2.05) is 29.5 Å². The van der Waals surface area contributed by atoms with E-state index in [-0.39, 0.29) is 11.8 Å². The summed E-state index contributed by atoms with van der Waals surface area (Å²) in [4.78, 5) is 13.9. The zero-order valence-electron chi connectivity index (χ0n) is 13.5. The van der Waals surface area contributed by atoms with Gasteiger partial charge in [-0.25, -0.2) is 0 Å². The van der Waals surface area contributed by atoms with Crippen molar-refractivity contribution in [2.45, 2.75) is 33.1 Å². The van der Waals surface area contributed by atoms with Gasteiger partial charge in [-0.3, -0.25) is 9.20 Å². The number of fused-ring (bicyclic) bond motifs is 1. The van der Waals surface area contributed by atoms with Crippen molar-refractivity contribution in [1.82, 2.24) is 19.9 Å². The molecule has 0 fully saturated rings. The molecule has 0 spiro atoms. The predicted molar refractivity (Wildman–Crippen MR) is 92.2 cm³/mol. The van der Waals surface area contributed by atoms with Gasteiger partial charge in [-0.1, -0.05) is 55.5 Å². The van der Waals surface area contributed by atoms with Crippen LogP contribution in [0.5, 0.6) is 0 Å². The van der Waals surface area contributed by atoms with Crippen molar-refractivity contribution >= 4 is 22.2 Å². The quantitative estimate of drug-likeness (QED) is 0.782. The van der Waals surface area contributed by atoms with E-state index in [9.17, 15) is 4.79 Å². The Bertz CT molecular complexity index is 820. The lowest BCUT2D eigenvalue weighted by Gasteiger charge is -2.06. The number of amides is 1. The zero-order chi connectivity index (χ0) is 16.4. The standard InChI is InChI=1S/C17H20N4OS/c1-11(2)15-19-20-17-21(15)12(3)14(23-17)16(22)18-10-9-13-7-5-4-6-8-13/h4-8,11H,9-10H2,1-3H3,(H,18,22). The van der Waals surface area contributed by atoms with Crippen LogP contribution in [0.4, 0.5) is 0 Å². The number of rotatable bonds is 5. The van der Waals surface area contributed by atoms with Crippen LogP contribution < -0.4 is 5.32 Å². The molecule has 23 heavy (non-hydrogen) atoms. The fourth-order valence-electron chi connectivity index (χ4n) is 2.56. The van der Waals surface area contributed by atoms with Crippen LogP contribution in [0, 0.1) is 6.92 Å². The molecule has 0 saturated carbocycles. The molecule has 1 amide bonds. The van der Waals surface area contributed by atoms with Gasteiger partial charge in [0.05, 0.1) is 0 Å². The molecular formula is C17H20N4OS. The van der Waals surface area contributed by atoms with E-state index in [0.29, 0.717) is 11.4 Å². The highest BCUT2D eigenvalue weighted by Crippen LogP contribution is 2.25. The first kappa shape index (κ1) is 15.7. The van der Waals surface area contributed by atoms with Crippen molar-refractivity contribution < 1.29 is 4.79 Å². The van der Waals surface area contributed by atoms with Crippen LogP contribution in [0.25, 0.3) is 4.96 Å². The molecule has 0 aliphatic heterocycles. The van der Waals surface area contributed by atoms with E-state index in [1.165, 1.54) is 16.9 Å². The molecule has 0 aliphatic carbocycles. The van der Waals surface area contributed by atoms with Gasteiger partial charge in [-0.05, 0) is 18.9 Å². The highest BCUT2D eigenvalue weighted by molar-refractivity contribution is 7.19. The average molecular weight is 328 g/mol. The fraction of sp³-hybridized carbons (Fsp3) is 0.353. The first-order chi connectivity index (χ1) is 11.1. The Morgan fingerprint density at radius 1 is 1.26 bits per heavy atom. The van der Waals surface area contributed by atoms with Crippen LogP contribution in [-0.2, 0) is 6.42 Å². The fourth-order valence-corrected chi connectivity index (χ4v) is 3.55. The smallest absolute Gasteiger partial charge is 0.263 e. The lowest BCUT2D eigenvalue weighted by atomic mass is 10.1. The van der Waals surface area contributed by atoms with Gasteiger partial charge in [-0.15, -0.1) is 10.2 Å². The normalized spacial score (nSPS) is 11.3. The van der Waals surface area contributed by atoms with E-state index in [0.717, 1.165) is 22.9 Å². The summed E-state index contributed by atoms with van der Waals surface area (Å²) in [6.07, 6.45) is 0.826. The van der Waals surface area contributed by atoms with E-state index >= 15 is 0 Å². The molecule has 6 heteroatoms. The second-order valence-electron chi connectivity index (χ2n) is 5.84. The van der Waals surface area contributed by atoms with Gasteiger partial charge in [0.15, 0.2) is 0 Å². The molecule has 3 rings (SSSR count). The van der Waals surface area contributed by atoms with Crippen LogP contribution >= 0.6 is 11.3 Å². The molecule has 0 aliphatic rings. The Hall–Kier alpha value is -2.21. The summed E-state index contributed by atoms with van der Waals surface area (Å²) in [5, 5.41) is 11.4. The molecular weight excluding hydrogens is 308 g/mol. The Kier molecular flexibility index (Phi) is 4.43. The Balaban J connectivity index is 1.72. The SMILES string of the molecule is Cc1c(C(=O)NCCc2ccccc2)sc2nnc(C(C)C)n12. The van der Waals surface area contributed by atoms with Gasteiger partial charge in [0.25, 0.3) is 5.91 Å². The highest BCUT2D eigenvalue weighted by atomic mass is 32.1. The number of carbonyl (C=O) groups excluding carboxylic acids is 1. The topological polar surface area (TPSA) is 59.3 Å². The van der Waals surface area contributed by atoms with Crippen molar-refractivity contribution in [1.29, 1.82) is 0 Å². The molecule has 2 heterocycles. The molecule has 120 valence electrons. The third-order valence-electron chi connectivity index (χ3n) is 3.78. The van der Waals surface area contributed by atoms with E-state index in [2.05, 4.69) is 41.5 Å². The molecule has 5 nitrogen and oxygen atoms in total. The van der Waals surface area contributed by atoms with Gasteiger partial charge in [0.1, 0.15) is 10.7 Å². The number of aromatic nitrogens is 3. The Morgan fingerprint density at radius 3 is 2.70 bits per heavy atom. The molecule has 3 aromatic rings. The van der Waals surface area contributed by atoms with Crippen LogP contribution in [-0.4, -0.2) is 27.0 Å². The third kappa shape index (κ3) is 3.12. The predicted octanol–water partition coefficient (Wildman–Crippen LogP) is 3.20. The van der Waals surface area contributed by atoms with Crippen molar-refractivity contribution in [3.05, 3.63) is 52.3 Å². The number of hydrogen-bond donors (Lipinski definition) is 1. The maximum atomic E-state index is 12.4. The minimum Gasteiger partial charge on any atom is -0.351 e. The molecule has 0 radical (unpaired) electrons. The molecule has 0 bridgehead atoms. The highest BCUT2D eigenvalue weighted by Gasteiger charge is 2.20. The summed E-state index contributed by atoms with van der Waals surface area (Å²) < 4.78 is 1.99. The minimum atomic E-state index is -0.0383. The second-order valence-corrected chi connectivity index (χ2v) is 6.82. The van der Waals surface area contributed by atoms with Gasteiger partial charge < -0.3 is 5.32 Å². The largest absolute Gasteiger partial charge is 0.351 e. The Morgan fingerprint density at radius 2 is 2.00 bits per heavy atom. The van der Waals surface area contributed by atoms with Crippen molar-refractivity contribution in [3.8, 4) is 0 Å². The summed E-state index contributed by atoms with van der Waals surface area (Å²) in [6, 6.07) is 10.1. The molecule has 0 unspecified atom stereocenters. The van der Waals surface area contributed by atoms with Gasteiger partial charge >= 0.3 is 0 Å². The number of nitrogens with zero attached hydrogens (tertiary/aromatic N) is 3. The first-order valence-electron chi connectivity index (χ1n) is 7.74. The second kappa shape index (κ2) is 6.50. The maximum absolute atomic E-state index is 12.4. The van der Waals surface area contributed by atoms with Crippen molar-refractivity contribution in [2.24, 2.45) is 0 Å². The van der Waals surface area contributed by atoms with E-state index in [4.69, 9.17) is 0 Å². The van der Waals surface area contributed by atoms with Crippen LogP contribution in [0.15, 0.2) is 30.3 Å². The Labute approximate surface area is 139 Å². The molecule has 1 aromatic carbocycles. The average Bonchev–Trinajstić information content (AvgIpc) is 3.09. The van der Waals surface area contributed by atoms with Crippen LogP contribution in [0.2, 0.25) is 0 Å². The van der Waals surface area contributed by atoms with Crippen LogP contribution in [0.3, 0.4) is 0 Å². The van der Waals surface area contributed by atoms with Gasteiger partial charge in [0.2, 0.25) is 4.96 Å². The number of nitrogens with one attached hydrogen (secondary N) is 1. The van der Waals surface area contributed by atoms with Gasteiger partial charge in [0, 0.05) is 18.2 Å². The summed E-state index contributed by atoms with van der Waals surface area (Å²) in [5.74, 6) is 1.13. The van der Waals surface area contributed by atoms with Crippen molar-refractivity contribution in [3.63, 3.8) is 0 Å². The summed E-state index contributed by atoms with van der Waals surface area (Å²) >= 11 is 1.39. The minimum absolute atomic E-state index is 0.0383. The van der Waals surface area contributed by atoms with Crippen molar-refractivity contribution in [2.75, 3.05) is 6.54 Å². The van der Waals surface area contributed by atoms with Crippen LogP contribution in [0.1, 0.15) is 46.5 Å². The van der Waals surface area contributed by atoms with Gasteiger partial charge in [-0.2, -0.15) is 0 Å². The monoisotopic (exact) mass is 328 g/mol. The van der Waals surface area contributed by atoms with E-state index in [1.54, 1.807) is 0 Å². The number of thiazole rings is 1. The molecule has 2 aromatic heterocycles. The number of hydrogen-bond acceptors (Lipinski definition) is 4. The molecule has 1 N–H and O–H groups in total. The lowest BCUT2D eigenvalue weighted by Crippen LogP contribution is -2.25. The molecule has 0 atom stereocenters. The summed E-state index contributed by atoms with van der Waals surface area (Å²) in [5.41, 5.74) is 2.13. The maximum Gasteiger partial charge on any atom is 0.263 e. The number of benzene rings is 1. The van der Waals surface area contributed by atoms with E-state index < -0.39 is 0 Å². The lowest BCUT2D eigenvalue weighted by molar-refractivity contribution is 0.0957. The summed E-state index contributed by atoms with van der Waals surface area (Å²) in [7, 11) is 0. The number of carbonyl (C=O) groups is 1.